The van der Waals surface area contributed by atoms with Crippen molar-refractivity contribution in [2.24, 2.45) is 0 Å². The summed E-state index contributed by atoms with van der Waals surface area (Å²) in [5, 5.41) is 12.0. The number of methoxy groups -OCH3 is 1. The van der Waals surface area contributed by atoms with Crippen LogP contribution in [0.2, 0.25) is 5.02 Å². The first-order chi connectivity index (χ1) is 13.9. The number of piperidine rings is 1. The molecule has 0 bridgehead atoms. The standard InChI is InChI=1S/C22H21ClN2O4/c1-29-18-4-2-3-16-19(18)24-13-17(20(16)26)21(27)25-11-9-22(28,10-12-25)14-5-7-15(23)8-6-14/h2-8,13,28H,9-12H2,1H3,(H,24,26). The smallest absolute Gasteiger partial charge is 0.259 e. The van der Waals surface area contributed by atoms with Crippen LogP contribution >= 0.6 is 11.6 Å². The van der Waals surface area contributed by atoms with E-state index in [9.17, 15) is 14.7 Å². The van der Waals surface area contributed by atoms with Crippen LogP contribution in [0.3, 0.4) is 0 Å². The molecule has 1 fully saturated rings. The maximum absolute atomic E-state index is 13.0. The summed E-state index contributed by atoms with van der Waals surface area (Å²) in [6.45, 7) is 0.709. The van der Waals surface area contributed by atoms with Crippen LogP contribution in [0.4, 0.5) is 0 Å². The number of pyridine rings is 1. The maximum Gasteiger partial charge on any atom is 0.259 e. The number of para-hydroxylation sites is 1. The zero-order valence-electron chi connectivity index (χ0n) is 15.9. The van der Waals surface area contributed by atoms with Gasteiger partial charge >= 0.3 is 0 Å². The minimum Gasteiger partial charge on any atom is -0.495 e. The Morgan fingerprint density at radius 3 is 2.52 bits per heavy atom. The van der Waals surface area contributed by atoms with Gasteiger partial charge in [0.25, 0.3) is 5.91 Å². The maximum atomic E-state index is 13.0. The number of hydrogen-bond acceptors (Lipinski definition) is 4. The molecule has 0 unspecified atom stereocenters. The summed E-state index contributed by atoms with van der Waals surface area (Å²) in [7, 11) is 1.53. The fourth-order valence-corrected chi connectivity index (χ4v) is 3.98. The average Bonchev–Trinajstić information content (AvgIpc) is 2.74. The quantitative estimate of drug-likeness (QED) is 0.691. The van der Waals surface area contributed by atoms with Crippen molar-refractivity contribution in [3.8, 4) is 5.75 Å². The van der Waals surface area contributed by atoms with Crippen LogP contribution in [-0.4, -0.2) is 41.1 Å². The normalized spacial score (nSPS) is 16.0. The first-order valence-electron chi connectivity index (χ1n) is 9.39. The number of benzene rings is 2. The van der Waals surface area contributed by atoms with Gasteiger partial charge in [0, 0.05) is 24.3 Å². The first-order valence-corrected chi connectivity index (χ1v) is 9.77. The number of amides is 1. The highest BCUT2D eigenvalue weighted by Crippen LogP contribution is 2.33. The van der Waals surface area contributed by atoms with Crippen molar-refractivity contribution < 1.29 is 14.6 Å². The number of aliphatic hydroxyl groups is 1. The van der Waals surface area contributed by atoms with E-state index in [0.717, 1.165) is 5.56 Å². The van der Waals surface area contributed by atoms with Crippen LogP contribution in [0.15, 0.2) is 53.5 Å². The van der Waals surface area contributed by atoms with Crippen LogP contribution in [0.1, 0.15) is 28.8 Å². The second kappa shape index (κ2) is 7.54. The van der Waals surface area contributed by atoms with Crippen LogP contribution in [-0.2, 0) is 5.60 Å². The number of nitrogens with one attached hydrogen (secondary N) is 1. The Balaban J connectivity index is 1.56. The second-order valence-corrected chi connectivity index (χ2v) is 7.68. The molecular formula is C22H21ClN2O4. The molecule has 2 N–H and O–H groups in total. The topological polar surface area (TPSA) is 82.6 Å². The van der Waals surface area contributed by atoms with Crippen LogP contribution in [0, 0.1) is 0 Å². The lowest BCUT2D eigenvalue weighted by Crippen LogP contribution is -2.46. The lowest BCUT2D eigenvalue weighted by Gasteiger charge is -2.38. The fourth-order valence-electron chi connectivity index (χ4n) is 3.85. The number of carbonyl (C=O) groups excluding carboxylic acids is 1. The lowest BCUT2D eigenvalue weighted by molar-refractivity contribution is -0.0211. The molecule has 1 saturated heterocycles. The summed E-state index contributed by atoms with van der Waals surface area (Å²) in [4.78, 5) is 30.5. The Morgan fingerprint density at radius 1 is 1.17 bits per heavy atom. The number of nitrogens with zero attached hydrogens (tertiary/aromatic N) is 1. The SMILES string of the molecule is COc1cccc2c(=O)c(C(=O)N3CCC(O)(c4ccc(Cl)cc4)CC3)c[nH]c12. The highest BCUT2D eigenvalue weighted by molar-refractivity contribution is 6.30. The lowest BCUT2D eigenvalue weighted by atomic mass is 9.84. The molecule has 29 heavy (non-hydrogen) atoms. The van der Waals surface area contributed by atoms with Gasteiger partial charge in [-0.3, -0.25) is 9.59 Å². The molecule has 6 nitrogen and oxygen atoms in total. The van der Waals surface area contributed by atoms with Crippen molar-refractivity contribution in [3.63, 3.8) is 0 Å². The molecule has 4 rings (SSSR count). The number of H-pyrrole nitrogens is 1. The largest absolute Gasteiger partial charge is 0.495 e. The van der Waals surface area contributed by atoms with Crippen LogP contribution < -0.4 is 10.2 Å². The van der Waals surface area contributed by atoms with Gasteiger partial charge in [-0.25, -0.2) is 0 Å². The predicted octanol–water partition coefficient (Wildman–Crippen LogP) is 3.31. The van der Waals surface area contributed by atoms with Gasteiger partial charge in [-0.05, 0) is 42.7 Å². The van der Waals surface area contributed by atoms with Gasteiger partial charge in [0.2, 0.25) is 5.43 Å². The summed E-state index contributed by atoms with van der Waals surface area (Å²) in [5.74, 6) is 0.207. The van der Waals surface area contributed by atoms with Gasteiger partial charge in [-0.2, -0.15) is 0 Å². The van der Waals surface area contributed by atoms with Gasteiger partial charge in [0.05, 0.1) is 23.6 Å². The third-order valence-electron chi connectivity index (χ3n) is 5.59. The Labute approximate surface area is 172 Å². The first kappa shape index (κ1) is 19.5. The van der Waals surface area contributed by atoms with Crippen molar-refractivity contribution >= 4 is 28.4 Å². The predicted molar refractivity (Wildman–Crippen MR) is 112 cm³/mol. The number of likely N-dealkylation sites (tertiary alicyclic amines) is 1. The molecule has 1 aliphatic rings. The number of hydrogen-bond donors (Lipinski definition) is 2. The third kappa shape index (κ3) is 3.50. The van der Waals surface area contributed by atoms with Crippen molar-refractivity contribution in [1.82, 2.24) is 9.88 Å². The fraction of sp³-hybridized carbons (Fsp3) is 0.273. The van der Waals surface area contributed by atoms with E-state index in [0.29, 0.717) is 47.6 Å². The van der Waals surface area contributed by atoms with E-state index in [2.05, 4.69) is 4.98 Å². The Morgan fingerprint density at radius 2 is 1.86 bits per heavy atom. The second-order valence-electron chi connectivity index (χ2n) is 7.24. The molecule has 1 aliphatic heterocycles. The molecule has 7 heteroatoms. The summed E-state index contributed by atoms with van der Waals surface area (Å²) in [5.41, 5.74) is 0.0886. The van der Waals surface area contributed by atoms with Gasteiger partial charge in [-0.1, -0.05) is 29.8 Å². The molecule has 2 aromatic carbocycles. The Kier molecular flexibility index (Phi) is 5.06. The van der Waals surface area contributed by atoms with Crippen molar-refractivity contribution in [3.05, 3.63) is 75.0 Å². The zero-order valence-corrected chi connectivity index (χ0v) is 16.7. The number of ether oxygens (including phenoxy) is 1. The molecule has 0 spiro atoms. The summed E-state index contributed by atoms with van der Waals surface area (Å²) in [6.07, 6.45) is 2.22. The molecule has 0 atom stereocenters. The van der Waals surface area contributed by atoms with E-state index >= 15 is 0 Å². The van der Waals surface area contributed by atoms with Gasteiger partial charge in [-0.15, -0.1) is 0 Å². The Bertz CT molecular complexity index is 1120. The number of halogens is 1. The molecule has 1 aromatic heterocycles. The molecule has 0 radical (unpaired) electrons. The number of carbonyl (C=O) groups is 1. The van der Waals surface area contributed by atoms with Gasteiger partial charge in [0.1, 0.15) is 11.3 Å². The summed E-state index contributed by atoms with van der Waals surface area (Å²) < 4.78 is 5.27. The molecule has 0 saturated carbocycles. The Hall–Kier alpha value is -2.83. The van der Waals surface area contributed by atoms with E-state index in [4.69, 9.17) is 16.3 Å². The van der Waals surface area contributed by atoms with E-state index < -0.39 is 5.60 Å². The number of aromatic nitrogens is 1. The number of rotatable bonds is 3. The van der Waals surface area contributed by atoms with Crippen molar-refractivity contribution in [2.75, 3.05) is 20.2 Å². The molecule has 3 aromatic rings. The van der Waals surface area contributed by atoms with Crippen LogP contribution in [0.5, 0.6) is 5.75 Å². The number of fused-ring (bicyclic) bond motifs is 1. The van der Waals surface area contributed by atoms with E-state index in [1.54, 1.807) is 47.4 Å². The minimum atomic E-state index is -1.01. The van der Waals surface area contributed by atoms with E-state index in [-0.39, 0.29) is 16.9 Å². The summed E-state index contributed by atoms with van der Waals surface area (Å²) >= 11 is 5.93. The average molecular weight is 413 g/mol. The molecule has 2 heterocycles. The van der Waals surface area contributed by atoms with Gasteiger partial charge in [0.15, 0.2) is 0 Å². The summed E-state index contributed by atoms with van der Waals surface area (Å²) in [6, 6.07) is 12.2. The van der Waals surface area contributed by atoms with Crippen molar-refractivity contribution in [1.29, 1.82) is 0 Å². The van der Waals surface area contributed by atoms with E-state index in [1.807, 2.05) is 0 Å². The van der Waals surface area contributed by atoms with Crippen molar-refractivity contribution in [2.45, 2.75) is 18.4 Å². The third-order valence-corrected chi connectivity index (χ3v) is 5.84. The van der Waals surface area contributed by atoms with Crippen LogP contribution in [0.25, 0.3) is 10.9 Å². The monoisotopic (exact) mass is 412 g/mol. The highest BCUT2D eigenvalue weighted by Gasteiger charge is 2.36. The zero-order chi connectivity index (χ0) is 20.6. The molecule has 0 aliphatic carbocycles. The highest BCUT2D eigenvalue weighted by atomic mass is 35.5. The van der Waals surface area contributed by atoms with Gasteiger partial charge < -0.3 is 19.7 Å². The minimum absolute atomic E-state index is 0.0858. The number of aromatic amines is 1. The molecule has 150 valence electrons. The molecular weight excluding hydrogens is 392 g/mol. The van der Waals surface area contributed by atoms with E-state index in [1.165, 1.54) is 13.3 Å². The molecule has 1 amide bonds.